The predicted molar refractivity (Wildman–Crippen MR) is 141 cm³/mol. The molecule has 4 aromatic rings. The van der Waals surface area contributed by atoms with Crippen LogP contribution in [0, 0.1) is 17.1 Å². The second-order valence-electron chi connectivity index (χ2n) is 8.73. The molecule has 3 aromatic carbocycles. The Balaban J connectivity index is 1.49. The molecule has 0 aliphatic carbocycles. The van der Waals surface area contributed by atoms with Gasteiger partial charge in [0.25, 0.3) is 5.91 Å². The van der Waals surface area contributed by atoms with E-state index >= 15 is 0 Å². The SMILES string of the molecule is N#CC(=Cc1cn(-c2ccccc2)nc1-c1cccc(OCc2ccc(F)cc2)c1)C(=O)N1CCOCC1. The first-order valence-corrected chi connectivity index (χ1v) is 12.2. The standard InChI is InChI=1S/C30H25FN4O3/c31-26-11-9-22(10-12-26)21-38-28-8-4-5-23(18-28)29-25(20-35(33-29)27-6-2-1-3-7-27)17-24(19-32)30(36)34-13-15-37-16-14-34/h1-12,17-18,20H,13-16,21H2. The molecule has 1 aliphatic rings. The van der Waals surface area contributed by atoms with Gasteiger partial charge in [-0.25, -0.2) is 9.07 Å². The lowest BCUT2D eigenvalue weighted by Crippen LogP contribution is -2.41. The molecule has 1 amide bonds. The molecule has 1 aliphatic heterocycles. The molecule has 8 heteroatoms. The first-order chi connectivity index (χ1) is 18.6. The van der Waals surface area contributed by atoms with Crippen molar-refractivity contribution < 1.29 is 18.7 Å². The molecule has 190 valence electrons. The van der Waals surface area contributed by atoms with Crippen LogP contribution in [0.3, 0.4) is 0 Å². The van der Waals surface area contributed by atoms with E-state index in [9.17, 15) is 14.4 Å². The topological polar surface area (TPSA) is 80.4 Å². The third-order valence-corrected chi connectivity index (χ3v) is 6.14. The van der Waals surface area contributed by atoms with Crippen LogP contribution in [-0.4, -0.2) is 46.9 Å². The fourth-order valence-corrected chi connectivity index (χ4v) is 4.14. The Hall–Kier alpha value is -4.74. The van der Waals surface area contributed by atoms with Crippen LogP contribution >= 0.6 is 0 Å². The van der Waals surface area contributed by atoms with E-state index in [0.29, 0.717) is 43.3 Å². The summed E-state index contributed by atoms with van der Waals surface area (Å²) in [6.07, 6.45) is 3.40. The van der Waals surface area contributed by atoms with Gasteiger partial charge in [0.2, 0.25) is 0 Å². The van der Waals surface area contributed by atoms with Crippen molar-refractivity contribution in [1.82, 2.24) is 14.7 Å². The summed E-state index contributed by atoms with van der Waals surface area (Å²) in [5, 5.41) is 14.6. The number of rotatable bonds is 7. The Labute approximate surface area is 220 Å². The van der Waals surface area contributed by atoms with Crippen LogP contribution in [0.4, 0.5) is 4.39 Å². The Morgan fingerprint density at radius 2 is 1.82 bits per heavy atom. The van der Waals surface area contributed by atoms with Gasteiger partial charge in [-0.3, -0.25) is 4.79 Å². The van der Waals surface area contributed by atoms with Crippen molar-refractivity contribution in [3.63, 3.8) is 0 Å². The fraction of sp³-hybridized carbons (Fsp3) is 0.167. The van der Waals surface area contributed by atoms with Crippen molar-refractivity contribution >= 4 is 12.0 Å². The molecule has 0 spiro atoms. The maximum atomic E-state index is 13.2. The minimum absolute atomic E-state index is 0.0319. The zero-order valence-electron chi connectivity index (χ0n) is 20.6. The monoisotopic (exact) mass is 508 g/mol. The van der Waals surface area contributed by atoms with Crippen molar-refractivity contribution in [3.8, 4) is 28.8 Å². The van der Waals surface area contributed by atoms with Gasteiger partial charge in [0.1, 0.15) is 35.5 Å². The van der Waals surface area contributed by atoms with Gasteiger partial charge in [0.15, 0.2) is 0 Å². The number of amides is 1. The Morgan fingerprint density at radius 1 is 1.05 bits per heavy atom. The summed E-state index contributed by atoms with van der Waals surface area (Å²) in [4.78, 5) is 14.7. The molecular formula is C30H25FN4O3. The molecule has 1 saturated heterocycles. The first kappa shape index (κ1) is 24.9. The van der Waals surface area contributed by atoms with E-state index in [1.54, 1.807) is 34.0 Å². The number of carbonyl (C=O) groups excluding carboxylic acids is 1. The van der Waals surface area contributed by atoms with Gasteiger partial charge < -0.3 is 14.4 Å². The minimum atomic E-state index is -0.328. The molecule has 0 atom stereocenters. The van der Waals surface area contributed by atoms with Crippen LogP contribution in [-0.2, 0) is 16.1 Å². The summed E-state index contributed by atoms with van der Waals surface area (Å²) in [7, 11) is 0. The number of aromatic nitrogens is 2. The Kier molecular flexibility index (Phi) is 7.57. The zero-order chi connectivity index (χ0) is 26.3. The van der Waals surface area contributed by atoms with Gasteiger partial charge in [-0.2, -0.15) is 10.4 Å². The largest absolute Gasteiger partial charge is 0.489 e. The van der Waals surface area contributed by atoms with Gasteiger partial charge in [-0.1, -0.05) is 42.5 Å². The molecule has 1 fully saturated rings. The lowest BCUT2D eigenvalue weighted by atomic mass is 10.1. The number of ether oxygens (including phenoxy) is 2. The number of hydrogen-bond donors (Lipinski definition) is 0. The first-order valence-electron chi connectivity index (χ1n) is 12.2. The third kappa shape index (κ3) is 5.80. The number of nitriles is 1. The Morgan fingerprint density at radius 3 is 2.55 bits per heavy atom. The lowest BCUT2D eigenvalue weighted by molar-refractivity contribution is -0.130. The van der Waals surface area contributed by atoms with Crippen LogP contribution in [0.1, 0.15) is 11.1 Å². The number of morpholine rings is 1. The third-order valence-electron chi connectivity index (χ3n) is 6.14. The van der Waals surface area contributed by atoms with Crippen molar-refractivity contribution in [2.45, 2.75) is 6.61 Å². The molecule has 38 heavy (non-hydrogen) atoms. The Bertz CT molecular complexity index is 1480. The number of halogens is 1. The van der Waals surface area contributed by atoms with Crippen molar-refractivity contribution in [3.05, 3.63) is 108 Å². The summed E-state index contributed by atoms with van der Waals surface area (Å²) in [5.41, 5.74) is 3.71. The molecule has 1 aromatic heterocycles. The highest BCUT2D eigenvalue weighted by Crippen LogP contribution is 2.29. The molecule has 7 nitrogen and oxygen atoms in total. The van der Waals surface area contributed by atoms with E-state index in [0.717, 1.165) is 16.8 Å². The van der Waals surface area contributed by atoms with E-state index < -0.39 is 0 Å². The predicted octanol–water partition coefficient (Wildman–Crippen LogP) is 5.02. The van der Waals surface area contributed by atoms with E-state index in [-0.39, 0.29) is 23.9 Å². The van der Waals surface area contributed by atoms with E-state index in [4.69, 9.17) is 14.6 Å². The fourth-order valence-electron chi connectivity index (χ4n) is 4.14. The van der Waals surface area contributed by atoms with Crippen LogP contribution in [0.15, 0.2) is 90.6 Å². The summed E-state index contributed by atoms with van der Waals surface area (Å²) in [6.45, 7) is 2.07. The number of para-hydroxylation sites is 1. The van der Waals surface area contributed by atoms with Gasteiger partial charge in [0, 0.05) is 30.4 Å². The van der Waals surface area contributed by atoms with Gasteiger partial charge in [-0.15, -0.1) is 0 Å². The second-order valence-corrected chi connectivity index (χ2v) is 8.73. The van der Waals surface area contributed by atoms with E-state index in [2.05, 4.69) is 6.07 Å². The molecule has 0 unspecified atom stereocenters. The van der Waals surface area contributed by atoms with E-state index in [1.807, 2.05) is 54.6 Å². The molecular weight excluding hydrogens is 483 g/mol. The number of benzene rings is 3. The second kappa shape index (κ2) is 11.5. The molecule has 0 saturated carbocycles. The summed E-state index contributed by atoms with van der Waals surface area (Å²) in [5.74, 6) is -0.0133. The molecule has 0 N–H and O–H groups in total. The van der Waals surface area contributed by atoms with Crippen molar-refractivity contribution in [2.75, 3.05) is 26.3 Å². The highest BCUT2D eigenvalue weighted by molar-refractivity contribution is 6.02. The molecule has 0 radical (unpaired) electrons. The smallest absolute Gasteiger partial charge is 0.264 e. The highest BCUT2D eigenvalue weighted by atomic mass is 19.1. The van der Waals surface area contributed by atoms with Crippen molar-refractivity contribution in [2.24, 2.45) is 0 Å². The zero-order valence-corrected chi connectivity index (χ0v) is 20.6. The molecule has 2 heterocycles. The van der Waals surface area contributed by atoms with Gasteiger partial charge in [0.05, 0.1) is 18.9 Å². The van der Waals surface area contributed by atoms with E-state index in [1.165, 1.54) is 12.1 Å². The summed E-state index contributed by atoms with van der Waals surface area (Å²) >= 11 is 0. The summed E-state index contributed by atoms with van der Waals surface area (Å²) in [6, 6.07) is 25.3. The lowest BCUT2D eigenvalue weighted by Gasteiger charge is -2.26. The number of hydrogen-bond acceptors (Lipinski definition) is 5. The van der Waals surface area contributed by atoms with Gasteiger partial charge in [-0.05, 0) is 48.0 Å². The average Bonchev–Trinajstić information content (AvgIpc) is 3.40. The van der Waals surface area contributed by atoms with Crippen LogP contribution in [0.2, 0.25) is 0 Å². The molecule has 0 bridgehead atoms. The highest BCUT2D eigenvalue weighted by Gasteiger charge is 2.22. The van der Waals surface area contributed by atoms with Gasteiger partial charge >= 0.3 is 0 Å². The quantitative estimate of drug-likeness (QED) is 0.259. The van der Waals surface area contributed by atoms with Crippen LogP contribution in [0.25, 0.3) is 23.0 Å². The molecule has 5 rings (SSSR count). The number of nitrogens with zero attached hydrogens (tertiary/aromatic N) is 4. The van der Waals surface area contributed by atoms with Crippen molar-refractivity contribution in [1.29, 1.82) is 5.26 Å². The maximum absolute atomic E-state index is 13.2. The number of carbonyl (C=O) groups is 1. The maximum Gasteiger partial charge on any atom is 0.264 e. The minimum Gasteiger partial charge on any atom is -0.489 e. The average molecular weight is 509 g/mol. The summed E-state index contributed by atoms with van der Waals surface area (Å²) < 4.78 is 26.2. The normalized spacial score (nSPS) is 13.7. The van der Waals surface area contributed by atoms with Crippen LogP contribution in [0.5, 0.6) is 5.75 Å². The van der Waals surface area contributed by atoms with Crippen LogP contribution < -0.4 is 4.74 Å².